The summed E-state index contributed by atoms with van der Waals surface area (Å²) in [7, 11) is 1.34. The van der Waals surface area contributed by atoms with Crippen LogP contribution in [0.25, 0.3) is 0 Å². The van der Waals surface area contributed by atoms with Crippen LogP contribution in [0.3, 0.4) is 0 Å². The Hall–Kier alpha value is -1.47. The van der Waals surface area contributed by atoms with Crippen LogP contribution in [-0.2, 0) is 11.3 Å². The van der Waals surface area contributed by atoms with Gasteiger partial charge in [-0.2, -0.15) is 0 Å². The fraction of sp³-hybridized carbons (Fsp3) is 0.222. The number of hydrogen-bond acceptors (Lipinski definition) is 7. The Morgan fingerprint density at radius 1 is 1.56 bits per heavy atom. The van der Waals surface area contributed by atoms with Crippen molar-refractivity contribution in [3.63, 3.8) is 0 Å². The Labute approximate surface area is 100 Å². The number of carbonyl (C=O) groups is 1. The molecule has 0 fully saturated rings. The number of rotatable bonds is 4. The normalized spacial score (nSPS) is 10.1. The number of carbonyl (C=O) groups excluding carboxylic acids is 1. The molecule has 2 rings (SSSR count). The summed E-state index contributed by atoms with van der Waals surface area (Å²) in [4.78, 5) is 19.4. The van der Waals surface area contributed by atoms with Gasteiger partial charge in [0.05, 0.1) is 13.7 Å². The number of thiazole rings is 2. The molecule has 0 unspecified atom stereocenters. The molecule has 84 valence electrons. The summed E-state index contributed by atoms with van der Waals surface area (Å²) in [6.07, 6.45) is 1.75. The van der Waals surface area contributed by atoms with E-state index in [1.165, 1.54) is 18.4 Å². The van der Waals surface area contributed by atoms with Crippen LogP contribution in [0.5, 0.6) is 0 Å². The van der Waals surface area contributed by atoms with Gasteiger partial charge in [-0.25, -0.2) is 14.8 Å². The van der Waals surface area contributed by atoms with Gasteiger partial charge in [-0.1, -0.05) is 0 Å². The monoisotopic (exact) mass is 255 g/mol. The molecule has 16 heavy (non-hydrogen) atoms. The lowest BCUT2D eigenvalue weighted by Gasteiger charge is -1.97. The Morgan fingerprint density at radius 2 is 2.44 bits per heavy atom. The molecule has 0 saturated carbocycles. The van der Waals surface area contributed by atoms with Crippen molar-refractivity contribution in [3.8, 4) is 0 Å². The van der Waals surface area contributed by atoms with Crippen LogP contribution in [0.4, 0.5) is 5.13 Å². The zero-order valence-corrected chi connectivity index (χ0v) is 10.1. The summed E-state index contributed by atoms with van der Waals surface area (Å²) in [5, 5.41) is 8.34. The fourth-order valence-corrected chi connectivity index (χ4v) is 2.28. The molecule has 2 aromatic heterocycles. The van der Waals surface area contributed by atoms with Gasteiger partial charge in [0, 0.05) is 17.0 Å². The number of esters is 1. The van der Waals surface area contributed by atoms with Gasteiger partial charge in [0.25, 0.3) is 0 Å². The van der Waals surface area contributed by atoms with Gasteiger partial charge in [-0.05, 0) is 0 Å². The first-order valence-electron chi connectivity index (χ1n) is 4.45. The second-order valence-corrected chi connectivity index (χ2v) is 4.65. The minimum Gasteiger partial charge on any atom is -0.464 e. The fourth-order valence-electron chi connectivity index (χ4n) is 1.04. The molecule has 0 spiro atoms. The highest BCUT2D eigenvalue weighted by atomic mass is 32.1. The number of nitrogens with zero attached hydrogens (tertiary/aromatic N) is 2. The number of methoxy groups -OCH3 is 1. The Bertz CT molecular complexity index is 467. The zero-order valence-electron chi connectivity index (χ0n) is 8.47. The number of hydrogen-bond donors (Lipinski definition) is 1. The molecule has 1 N–H and O–H groups in total. The van der Waals surface area contributed by atoms with Gasteiger partial charge < -0.3 is 10.1 Å². The van der Waals surface area contributed by atoms with E-state index in [9.17, 15) is 4.79 Å². The number of ether oxygens (including phenoxy) is 1. The van der Waals surface area contributed by atoms with Crippen molar-refractivity contribution < 1.29 is 9.53 Å². The molecule has 0 aliphatic heterocycles. The van der Waals surface area contributed by atoms with E-state index in [4.69, 9.17) is 0 Å². The molecule has 5 nitrogen and oxygen atoms in total. The SMILES string of the molecule is COC(=O)c1csc(NCc2nccs2)n1. The molecule has 0 aliphatic rings. The third-order valence-electron chi connectivity index (χ3n) is 1.77. The second kappa shape index (κ2) is 5.04. The van der Waals surface area contributed by atoms with Crippen LogP contribution in [0.15, 0.2) is 17.0 Å². The minimum absolute atomic E-state index is 0.328. The largest absolute Gasteiger partial charge is 0.464 e. The van der Waals surface area contributed by atoms with E-state index in [1.807, 2.05) is 5.38 Å². The predicted molar refractivity (Wildman–Crippen MR) is 62.9 cm³/mol. The van der Waals surface area contributed by atoms with Crippen LogP contribution in [0.1, 0.15) is 15.5 Å². The summed E-state index contributed by atoms with van der Waals surface area (Å²) in [5.41, 5.74) is 0.328. The summed E-state index contributed by atoms with van der Waals surface area (Å²) in [5.74, 6) is -0.418. The average molecular weight is 255 g/mol. The van der Waals surface area contributed by atoms with Gasteiger partial charge in [0.1, 0.15) is 5.01 Å². The van der Waals surface area contributed by atoms with Crippen LogP contribution in [-0.4, -0.2) is 23.0 Å². The summed E-state index contributed by atoms with van der Waals surface area (Å²) in [6.45, 7) is 0.617. The highest BCUT2D eigenvalue weighted by Gasteiger charge is 2.10. The molecular formula is C9H9N3O2S2. The zero-order chi connectivity index (χ0) is 11.4. The van der Waals surface area contributed by atoms with Crippen molar-refractivity contribution in [2.45, 2.75) is 6.54 Å². The van der Waals surface area contributed by atoms with E-state index >= 15 is 0 Å². The van der Waals surface area contributed by atoms with Crippen molar-refractivity contribution >= 4 is 33.8 Å². The predicted octanol–water partition coefficient (Wildman–Crippen LogP) is 2.00. The van der Waals surface area contributed by atoms with Gasteiger partial charge in [0.2, 0.25) is 0 Å². The van der Waals surface area contributed by atoms with Gasteiger partial charge in [-0.15, -0.1) is 22.7 Å². The third-order valence-corrected chi connectivity index (χ3v) is 3.35. The summed E-state index contributed by atoms with van der Waals surface area (Å²) >= 11 is 2.94. The lowest BCUT2D eigenvalue weighted by molar-refractivity contribution is 0.0595. The first-order valence-corrected chi connectivity index (χ1v) is 6.21. The van der Waals surface area contributed by atoms with Gasteiger partial charge >= 0.3 is 5.97 Å². The van der Waals surface area contributed by atoms with Crippen molar-refractivity contribution in [1.29, 1.82) is 0 Å². The minimum atomic E-state index is -0.418. The van der Waals surface area contributed by atoms with Crippen LogP contribution in [0, 0.1) is 0 Å². The molecular weight excluding hydrogens is 246 g/mol. The van der Waals surface area contributed by atoms with E-state index in [0.29, 0.717) is 17.4 Å². The van der Waals surface area contributed by atoms with Crippen LogP contribution >= 0.6 is 22.7 Å². The summed E-state index contributed by atoms with van der Waals surface area (Å²) < 4.78 is 4.57. The van der Waals surface area contributed by atoms with E-state index in [1.54, 1.807) is 22.9 Å². The summed E-state index contributed by atoms with van der Waals surface area (Å²) in [6, 6.07) is 0. The average Bonchev–Trinajstić information content (AvgIpc) is 2.96. The molecule has 2 aromatic rings. The van der Waals surface area contributed by atoms with E-state index in [-0.39, 0.29) is 0 Å². The molecule has 2 heterocycles. The molecule has 0 amide bonds. The molecule has 0 aromatic carbocycles. The van der Waals surface area contributed by atoms with Crippen LogP contribution in [0.2, 0.25) is 0 Å². The first-order chi connectivity index (χ1) is 7.79. The molecule has 0 atom stereocenters. The van der Waals surface area contributed by atoms with Crippen LogP contribution < -0.4 is 5.32 Å². The maximum absolute atomic E-state index is 11.1. The first kappa shape index (κ1) is 11.0. The van der Waals surface area contributed by atoms with E-state index in [2.05, 4.69) is 20.0 Å². The Kier molecular flexibility index (Phi) is 3.47. The lowest BCUT2D eigenvalue weighted by atomic mass is 10.5. The Balaban J connectivity index is 1.95. The Morgan fingerprint density at radius 3 is 3.12 bits per heavy atom. The molecule has 0 radical (unpaired) electrons. The lowest BCUT2D eigenvalue weighted by Crippen LogP contribution is -2.03. The highest BCUT2D eigenvalue weighted by molar-refractivity contribution is 7.14. The van der Waals surface area contributed by atoms with Crippen molar-refractivity contribution in [3.05, 3.63) is 27.7 Å². The second-order valence-electron chi connectivity index (χ2n) is 2.81. The van der Waals surface area contributed by atoms with Crippen molar-refractivity contribution in [1.82, 2.24) is 9.97 Å². The molecule has 7 heteroatoms. The quantitative estimate of drug-likeness (QED) is 0.846. The van der Waals surface area contributed by atoms with Gasteiger partial charge in [0.15, 0.2) is 10.8 Å². The number of nitrogens with one attached hydrogen (secondary N) is 1. The smallest absolute Gasteiger partial charge is 0.357 e. The standard InChI is InChI=1S/C9H9N3O2S2/c1-14-8(13)6-5-16-9(12-6)11-4-7-10-2-3-15-7/h2-3,5H,4H2,1H3,(H,11,12). The topological polar surface area (TPSA) is 64.1 Å². The van der Waals surface area contributed by atoms with E-state index < -0.39 is 5.97 Å². The third kappa shape index (κ3) is 2.56. The van der Waals surface area contributed by atoms with Crippen molar-refractivity contribution in [2.24, 2.45) is 0 Å². The molecule has 0 saturated heterocycles. The van der Waals surface area contributed by atoms with E-state index in [0.717, 1.165) is 5.01 Å². The number of anilines is 1. The highest BCUT2D eigenvalue weighted by Crippen LogP contribution is 2.17. The molecule has 0 aliphatic carbocycles. The maximum Gasteiger partial charge on any atom is 0.357 e. The van der Waals surface area contributed by atoms with Crippen molar-refractivity contribution in [2.75, 3.05) is 12.4 Å². The number of aromatic nitrogens is 2. The van der Waals surface area contributed by atoms with Gasteiger partial charge in [-0.3, -0.25) is 0 Å². The maximum atomic E-state index is 11.1. The molecule has 0 bridgehead atoms.